The number of Topliss-reactive ketones (excluding diaryl/α,β-unsaturated/α-hetero) is 1. The van der Waals surface area contributed by atoms with Crippen LogP contribution in [0.15, 0.2) is 24.3 Å². The van der Waals surface area contributed by atoms with Crippen LogP contribution in [0.4, 0.5) is 0 Å². The predicted octanol–water partition coefficient (Wildman–Crippen LogP) is 3.70. The number of ketones is 1. The zero-order valence-electron chi connectivity index (χ0n) is 12.0. The Bertz CT molecular complexity index is 388. The second-order valence-electron chi connectivity index (χ2n) is 5.48. The summed E-state index contributed by atoms with van der Waals surface area (Å²) in [4.78, 5) is 14.6. The van der Waals surface area contributed by atoms with E-state index in [0.717, 1.165) is 18.5 Å². The van der Waals surface area contributed by atoms with Gasteiger partial charge in [0, 0.05) is 18.5 Å². The Labute approximate surface area is 116 Å². The molecule has 2 heteroatoms. The van der Waals surface area contributed by atoms with E-state index in [-0.39, 0.29) is 5.78 Å². The molecule has 0 aliphatic carbocycles. The van der Waals surface area contributed by atoms with Crippen LogP contribution in [0.25, 0.3) is 0 Å². The number of aryl methyl sites for hydroxylation is 1. The molecule has 0 atom stereocenters. The number of benzene rings is 1. The molecule has 1 aromatic carbocycles. The average molecular weight is 259 g/mol. The van der Waals surface area contributed by atoms with Crippen LogP contribution in [0.5, 0.6) is 0 Å². The van der Waals surface area contributed by atoms with Crippen LogP contribution in [0.3, 0.4) is 0 Å². The van der Waals surface area contributed by atoms with E-state index in [1.165, 1.54) is 44.3 Å². The number of likely N-dealkylation sites (tertiary alicyclic amines) is 1. The Morgan fingerprint density at radius 2 is 1.68 bits per heavy atom. The van der Waals surface area contributed by atoms with Gasteiger partial charge in [0.2, 0.25) is 0 Å². The van der Waals surface area contributed by atoms with Gasteiger partial charge in [-0.2, -0.15) is 0 Å². The van der Waals surface area contributed by atoms with Crippen LogP contribution in [-0.2, 0) is 6.42 Å². The highest BCUT2D eigenvalue weighted by Gasteiger charge is 2.11. The minimum Gasteiger partial charge on any atom is -0.303 e. The van der Waals surface area contributed by atoms with Crippen molar-refractivity contribution in [1.82, 2.24) is 4.90 Å². The first-order valence-corrected chi connectivity index (χ1v) is 7.64. The van der Waals surface area contributed by atoms with Gasteiger partial charge in [-0.05, 0) is 37.9 Å². The molecule has 0 aromatic heterocycles. The zero-order valence-corrected chi connectivity index (χ0v) is 12.0. The van der Waals surface area contributed by atoms with Crippen LogP contribution < -0.4 is 0 Å². The maximum atomic E-state index is 12.1. The highest BCUT2D eigenvalue weighted by atomic mass is 16.1. The average Bonchev–Trinajstić information content (AvgIpc) is 2.73. The molecule has 2 rings (SSSR count). The van der Waals surface area contributed by atoms with Gasteiger partial charge in [-0.1, -0.05) is 44.0 Å². The molecular formula is C17H25NO. The molecule has 1 fully saturated rings. The van der Waals surface area contributed by atoms with E-state index in [0.29, 0.717) is 6.42 Å². The third-order valence-corrected chi connectivity index (χ3v) is 4.04. The normalized spacial score (nSPS) is 17.1. The van der Waals surface area contributed by atoms with E-state index in [2.05, 4.69) is 24.0 Å². The van der Waals surface area contributed by atoms with Gasteiger partial charge in [-0.25, -0.2) is 0 Å². The van der Waals surface area contributed by atoms with Gasteiger partial charge in [0.05, 0.1) is 0 Å². The Kier molecular flexibility index (Phi) is 5.59. The third-order valence-electron chi connectivity index (χ3n) is 4.04. The van der Waals surface area contributed by atoms with Crippen LogP contribution in [-0.4, -0.2) is 30.3 Å². The van der Waals surface area contributed by atoms with Crippen molar-refractivity contribution in [2.75, 3.05) is 19.6 Å². The Morgan fingerprint density at radius 3 is 2.26 bits per heavy atom. The Hall–Kier alpha value is -1.15. The molecule has 1 aliphatic rings. The van der Waals surface area contributed by atoms with Gasteiger partial charge in [-0.3, -0.25) is 4.79 Å². The summed E-state index contributed by atoms with van der Waals surface area (Å²) in [5.74, 6) is 0.284. The van der Waals surface area contributed by atoms with Crippen LogP contribution in [0, 0.1) is 0 Å². The quantitative estimate of drug-likeness (QED) is 0.752. The smallest absolute Gasteiger partial charge is 0.164 e. The monoisotopic (exact) mass is 259 g/mol. The molecule has 104 valence electrons. The molecular weight excluding hydrogens is 234 g/mol. The molecule has 0 radical (unpaired) electrons. The topological polar surface area (TPSA) is 20.3 Å². The number of carbonyl (C=O) groups excluding carboxylic acids is 1. The highest BCUT2D eigenvalue weighted by Crippen LogP contribution is 2.12. The lowest BCUT2D eigenvalue weighted by molar-refractivity contribution is 0.0965. The molecule has 0 unspecified atom stereocenters. The number of rotatable bonds is 5. The van der Waals surface area contributed by atoms with E-state index in [4.69, 9.17) is 0 Å². The summed E-state index contributed by atoms with van der Waals surface area (Å²) < 4.78 is 0. The Balaban J connectivity index is 1.82. The Morgan fingerprint density at radius 1 is 1.05 bits per heavy atom. The summed E-state index contributed by atoms with van der Waals surface area (Å²) in [6.07, 6.45) is 6.97. The molecule has 1 saturated heterocycles. The molecule has 19 heavy (non-hydrogen) atoms. The molecule has 1 heterocycles. The fraction of sp³-hybridized carbons (Fsp3) is 0.588. The van der Waals surface area contributed by atoms with Crippen molar-refractivity contribution >= 4 is 5.78 Å². The van der Waals surface area contributed by atoms with Crippen molar-refractivity contribution in [3.63, 3.8) is 0 Å². The summed E-state index contributed by atoms with van der Waals surface area (Å²) in [6.45, 7) is 5.40. The van der Waals surface area contributed by atoms with Gasteiger partial charge in [0.15, 0.2) is 5.78 Å². The van der Waals surface area contributed by atoms with E-state index < -0.39 is 0 Å². The van der Waals surface area contributed by atoms with Gasteiger partial charge in [0.1, 0.15) is 0 Å². The lowest BCUT2D eigenvalue weighted by Gasteiger charge is -2.18. The van der Waals surface area contributed by atoms with Crippen molar-refractivity contribution in [3.05, 3.63) is 35.4 Å². The van der Waals surface area contributed by atoms with E-state index in [1.54, 1.807) is 0 Å². The molecule has 0 spiro atoms. The van der Waals surface area contributed by atoms with Crippen LogP contribution in [0.1, 0.15) is 54.9 Å². The SMILES string of the molecule is CCc1ccc(C(=O)CCN2CCCCCC2)cc1. The van der Waals surface area contributed by atoms with Crippen molar-refractivity contribution in [3.8, 4) is 0 Å². The first kappa shape index (κ1) is 14.3. The van der Waals surface area contributed by atoms with Crippen molar-refractivity contribution in [1.29, 1.82) is 0 Å². The largest absolute Gasteiger partial charge is 0.303 e. The van der Waals surface area contributed by atoms with Gasteiger partial charge in [-0.15, -0.1) is 0 Å². The first-order valence-electron chi connectivity index (χ1n) is 7.64. The number of hydrogen-bond acceptors (Lipinski definition) is 2. The maximum absolute atomic E-state index is 12.1. The third kappa shape index (κ3) is 4.46. The predicted molar refractivity (Wildman–Crippen MR) is 79.7 cm³/mol. The molecule has 0 N–H and O–H groups in total. The molecule has 1 aliphatic heterocycles. The maximum Gasteiger partial charge on any atom is 0.164 e. The van der Waals surface area contributed by atoms with Crippen molar-refractivity contribution < 1.29 is 4.79 Å². The molecule has 0 saturated carbocycles. The van der Waals surface area contributed by atoms with Gasteiger partial charge in [0.25, 0.3) is 0 Å². The van der Waals surface area contributed by atoms with Crippen molar-refractivity contribution in [2.24, 2.45) is 0 Å². The molecule has 0 amide bonds. The van der Waals surface area contributed by atoms with E-state index in [9.17, 15) is 4.79 Å². The molecule has 2 nitrogen and oxygen atoms in total. The first-order chi connectivity index (χ1) is 9.29. The number of hydrogen-bond donors (Lipinski definition) is 0. The van der Waals surface area contributed by atoms with Crippen molar-refractivity contribution in [2.45, 2.75) is 45.4 Å². The highest BCUT2D eigenvalue weighted by molar-refractivity contribution is 5.96. The molecule has 1 aromatic rings. The fourth-order valence-corrected chi connectivity index (χ4v) is 2.69. The fourth-order valence-electron chi connectivity index (χ4n) is 2.69. The zero-order chi connectivity index (χ0) is 13.5. The standard InChI is InChI=1S/C17H25NO/c1-2-15-7-9-16(10-8-15)17(19)11-14-18-12-5-3-4-6-13-18/h7-10H,2-6,11-14H2,1H3. The summed E-state index contributed by atoms with van der Waals surface area (Å²) >= 11 is 0. The summed E-state index contributed by atoms with van der Waals surface area (Å²) in [5.41, 5.74) is 2.16. The van der Waals surface area contributed by atoms with E-state index >= 15 is 0 Å². The lowest BCUT2D eigenvalue weighted by atomic mass is 10.0. The number of carbonyl (C=O) groups is 1. The van der Waals surface area contributed by atoms with E-state index in [1.807, 2.05) is 12.1 Å². The van der Waals surface area contributed by atoms with Crippen LogP contribution >= 0.6 is 0 Å². The minimum atomic E-state index is 0.284. The van der Waals surface area contributed by atoms with Crippen LogP contribution in [0.2, 0.25) is 0 Å². The van der Waals surface area contributed by atoms with Gasteiger partial charge >= 0.3 is 0 Å². The number of nitrogens with zero attached hydrogens (tertiary/aromatic N) is 1. The summed E-state index contributed by atoms with van der Waals surface area (Å²) in [6, 6.07) is 8.09. The lowest BCUT2D eigenvalue weighted by Crippen LogP contribution is -2.27. The van der Waals surface area contributed by atoms with Gasteiger partial charge < -0.3 is 4.90 Å². The second-order valence-corrected chi connectivity index (χ2v) is 5.48. The second kappa shape index (κ2) is 7.44. The summed E-state index contributed by atoms with van der Waals surface area (Å²) in [5, 5.41) is 0. The summed E-state index contributed by atoms with van der Waals surface area (Å²) in [7, 11) is 0. The molecule has 0 bridgehead atoms. The minimum absolute atomic E-state index is 0.284.